The first-order valence-corrected chi connectivity index (χ1v) is 8.35. The van der Waals surface area contributed by atoms with Crippen molar-refractivity contribution < 1.29 is 4.74 Å². The maximum Gasteiger partial charge on any atom is 0.265 e. The zero-order valence-electron chi connectivity index (χ0n) is 14.8. The van der Waals surface area contributed by atoms with Gasteiger partial charge in [0.1, 0.15) is 11.4 Å². The van der Waals surface area contributed by atoms with Crippen molar-refractivity contribution in [1.29, 1.82) is 5.26 Å². The Bertz CT molecular complexity index is 859. The molecule has 4 nitrogen and oxygen atoms in total. The quantitative estimate of drug-likeness (QED) is 0.593. The molecule has 2 aliphatic heterocycles. The molecule has 0 saturated heterocycles. The van der Waals surface area contributed by atoms with Crippen LogP contribution in [0.2, 0.25) is 0 Å². The molecule has 0 saturated carbocycles. The maximum absolute atomic E-state index is 9.14. The Balaban J connectivity index is 1.89. The second-order valence-electron chi connectivity index (χ2n) is 7.08. The molecule has 0 radical (unpaired) electrons. The van der Waals surface area contributed by atoms with Crippen molar-refractivity contribution in [3.63, 3.8) is 0 Å². The monoisotopic (exact) mass is 331 g/mol. The highest BCUT2D eigenvalue weighted by atomic mass is 16.5. The van der Waals surface area contributed by atoms with Gasteiger partial charge in [-0.2, -0.15) is 0 Å². The zero-order chi connectivity index (χ0) is 18.0. The Kier molecular flexibility index (Phi) is 4.38. The number of likely N-dealkylation sites (N-methyl/N-ethyl adjacent to an activating group) is 1. The minimum atomic E-state index is -0.433. The van der Waals surface area contributed by atoms with Gasteiger partial charge in [0.05, 0.1) is 12.6 Å². The fourth-order valence-corrected chi connectivity index (χ4v) is 3.34. The van der Waals surface area contributed by atoms with Gasteiger partial charge < -0.3 is 9.64 Å². The first-order valence-electron chi connectivity index (χ1n) is 8.35. The van der Waals surface area contributed by atoms with Crippen LogP contribution in [0.3, 0.4) is 0 Å². The van der Waals surface area contributed by atoms with E-state index in [1.54, 1.807) is 6.08 Å². The Labute approximate surface area is 149 Å². The van der Waals surface area contributed by atoms with Crippen LogP contribution in [0.5, 0.6) is 0 Å². The number of hydrogen-bond donors (Lipinski definition) is 0. The average Bonchev–Trinajstić information content (AvgIpc) is 2.93. The first-order chi connectivity index (χ1) is 11.9. The molecule has 2 aliphatic rings. The molecule has 126 valence electrons. The van der Waals surface area contributed by atoms with Gasteiger partial charge in [-0.3, -0.25) is 0 Å². The summed E-state index contributed by atoms with van der Waals surface area (Å²) in [6, 6.07) is 8.44. The number of benzene rings is 1. The van der Waals surface area contributed by atoms with Gasteiger partial charge in [0.15, 0.2) is 0 Å². The van der Waals surface area contributed by atoms with Gasteiger partial charge in [0.25, 0.3) is 5.70 Å². The summed E-state index contributed by atoms with van der Waals surface area (Å²) in [4.78, 5) is 5.60. The highest BCUT2D eigenvalue weighted by molar-refractivity contribution is 5.64. The number of hydrogen-bond acceptors (Lipinski definition) is 3. The molecule has 0 atom stereocenters. The number of rotatable bonds is 2. The molecule has 0 N–H and O–H groups in total. The molecule has 0 spiro atoms. The number of fused-ring (bicyclic) bond motifs is 1. The summed E-state index contributed by atoms with van der Waals surface area (Å²) < 4.78 is 5.99. The van der Waals surface area contributed by atoms with Gasteiger partial charge in [-0.05, 0) is 61.3 Å². The van der Waals surface area contributed by atoms with Crippen LogP contribution >= 0.6 is 0 Å². The number of anilines is 1. The molecule has 0 aromatic heterocycles. The number of nitrogens with zero attached hydrogens (tertiary/aromatic N) is 3. The van der Waals surface area contributed by atoms with Crippen molar-refractivity contribution >= 4 is 11.8 Å². The van der Waals surface area contributed by atoms with Crippen molar-refractivity contribution in [2.24, 2.45) is 0 Å². The van der Waals surface area contributed by atoms with Crippen LogP contribution in [0.1, 0.15) is 31.4 Å². The second-order valence-corrected chi connectivity index (χ2v) is 7.08. The molecular formula is C21H21N3O. The average molecular weight is 331 g/mol. The standard InChI is InChI=1S/C21H21N3O/c1-21(2)13-17(19(14-22)23-3)12-18(25-21)7-5-15-6-8-20-16(11-15)9-10-24(20)4/h5-8,11-12H,9-10,13H2,1-2,4H3/b7-5+,19-17+. The van der Waals surface area contributed by atoms with Gasteiger partial charge in [-0.25, -0.2) is 10.1 Å². The second kappa shape index (κ2) is 6.49. The summed E-state index contributed by atoms with van der Waals surface area (Å²) in [5.41, 5.74) is 4.23. The van der Waals surface area contributed by atoms with Crippen molar-refractivity contribution in [1.82, 2.24) is 0 Å². The molecule has 25 heavy (non-hydrogen) atoms. The predicted molar refractivity (Wildman–Crippen MR) is 99.6 cm³/mol. The minimum absolute atomic E-state index is 0.142. The van der Waals surface area contributed by atoms with Gasteiger partial charge in [0.2, 0.25) is 0 Å². The zero-order valence-corrected chi connectivity index (χ0v) is 14.8. The summed E-state index contributed by atoms with van der Waals surface area (Å²) in [6.45, 7) is 12.2. The van der Waals surface area contributed by atoms with E-state index >= 15 is 0 Å². The molecule has 0 fully saturated rings. The van der Waals surface area contributed by atoms with Gasteiger partial charge >= 0.3 is 0 Å². The van der Waals surface area contributed by atoms with Crippen molar-refractivity contribution in [2.45, 2.75) is 32.3 Å². The van der Waals surface area contributed by atoms with Crippen LogP contribution in [0.4, 0.5) is 5.69 Å². The lowest BCUT2D eigenvalue weighted by Crippen LogP contribution is -2.27. The van der Waals surface area contributed by atoms with Crippen LogP contribution in [0.15, 0.2) is 47.4 Å². The highest BCUT2D eigenvalue weighted by Crippen LogP contribution is 2.33. The van der Waals surface area contributed by atoms with Crippen molar-refractivity contribution in [3.05, 3.63) is 69.9 Å². The summed E-state index contributed by atoms with van der Waals surface area (Å²) in [5.74, 6) is 0.681. The Morgan fingerprint density at radius 3 is 2.92 bits per heavy atom. The Morgan fingerprint density at radius 2 is 2.20 bits per heavy atom. The first kappa shape index (κ1) is 16.9. The molecule has 3 rings (SSSR count). The van der Waals surface area contributed by atoms with Crippen molar-refractivity contribution in [2.75, 3.05) is 18.5 Å². The van der Waals surface area contributed by atoms with E-state index in [-0.39, 0.29) is 5.70 Å². The largest absolute Gasteiger partial charge is 0.488 e. The Morgan fingerprint density at radius 1 is 1.40 bits per heavy atom. The van der Waals surface area contributed by atoms with E-state index in [2.05, 4.69) is 35.0 Å². The van der Waals surface area contributed by atoms with E-state index in [9.17, 15) is 0 Å². The Hall–Kier alpha value is -2.98. The normalized spacial score (nSPS) is 20.4. The molecule has 4 heteroatoms. The maximum atomic E-state index is 9.14. The number of nitriles is 1. The summed E-state index contributed by atoms with van der Waals surface area (Å²) in [5, 5.41) is 9.14. The topological polar surface area (TPSA) is 40.6 Å². The van der Waals surface area contributed by atoms with E-state index in [0.717, 1.165) is 24.1 Å². The smallest absolute Gasteiger partial charge is 0.265 e. The van der Waals surface area contributed by atoms with E-state index in [1.807, 2.05) is 32.1 Å². The molecule has 1 aromatic rings. The molecule has 0 aliphatic carbocycles. The van der Waals surface area contributed by atoms with Crippen LogP contribution < -0.4 is 4.90 Å². The van der Waals surface area contributed by atoms with Crippen LogP contribution in [-0.4, -0.2) is 19.2 Å². The minimum Gasteiger partial charge on any atom is -0.488 e. The van der Waals surface area contributed by atoms with E-state index in [1.165, 1.54) is 11.3 Å². The summed E-state index contributed by atoms with van der Waals surface area (Å²) >= 11 is 0. The van der Waals surface area contributed by atoms with Crippen LogP contribution in [-0.2, 0) is 11.2 Å². The van der Waals surface area contributed by atoms with Crippen molar-refractivity contribution in [3.8, 4) is 6.07 Å². The molecular weight excluding hydrogens is 310 g/mol. The molecule has 1 aromatic carbocycles. The van der Waals surface area contributed by atoms with Gasteiger partial charge in [-0.1, -0.05) is 12.1 Å². The van der Waals surface area contributed by atoms with E-state index in [4.69, 9.17) is 16.6 Å². The fourth-order valence-electron chi connectivity index (χ4n) is 3.34. The predicted octanol–water partition coefficient (Wildman–Crippen LogP) is 4.47. The SMILES string of the molecule is [C-]#[N+]/C(C#N)=C1C=C(/C=C/c2ccc3c(c2)CCN3C)OC(C)(C)C\1. The summed E-state index contributed by atoms with van der Waals surface area (Å²) in [7, 11) is 2.11. The lowest BCUT2D eigenvalue weighted by atomic mass is 9.93. The van der Waals surface area contributed by atoms with E-state index < -0.39 is 5.60 Å². The van der Waals surface area contributed by atoms with Gasteiger partial charge in [0, 0.05) is 25.7 Å². The molecule has 0 unspecified atom stereocenters. The third-order valence-electron chi connectivity index (χ3n) is 4.52. The molecule has 2 heterocycles. The highest BCUT2D eigenvalue weighted by Gasteiger charge is 2.27. The third kappa shape index (κ3) is 3.59. The third-order valence-corrected chi connectivity index (χ3v) is 4.52. The number of ether oxygens (including phenoxy) is 1. The van der Waals surface area contributed by atoms with E-state index in [0.29, 0.717) is 12.2 Å². The van der Waals surface area contributed by atoms with Crippen LogP contribution in [0.25, 0.3) is 10.9 Å². The summed E-state index contributed by atoms with van der Waals surface area (Å²) in [6.07, 6.45) is 7.37. The molecule has 0 amide bonds. The molecule has 0 bridgehead atoms. The fraction of sp³-hybridized carbons (Fsp3) is 0.333. The lowest BCUT2D eigenvalue weighted by molar-refractivity contribution is 0.0356. The lowest BCUT2D eigenvalue weighted by Gasteiger charge is -2.32. The number of allylic oxidation sites excluding steroid dienone is 3. The van der Waals surface area contributed by atoms with Crippen LogP contribution in [0, 0.1) is 17.9 Å². The van der Waals surface area contributed by atoms with Gasteiger partial charge in [-0.15, -0.1) is 0 Å².